The number of imide groups is 1. The van der Waals surface area contributed by atoms with Crippen LogP contribution in [-0.2, 0) is 9.59 Å². The van der Waals surface area contributed by atoms with Gasteiger partial charge in [0.1, 0.15) is 11.7 Å². The summed E-state index contributed by atoms with van der Waals surface area (Å²) < 4.78 is 0. The maximum Gasteiger partial charge on any atom is 0.292 e. The van der Waals surface area contributed by atoms with Crippen molar-refractivity contribution >= 4 is 23.2 Å². The second-order valence-corrected chi connectivity index (χ2v) is 4.87. The highest BCUT2D eigenvalue weighted by molar-refractivity contribution is 6.07. The highest BCUT2D eigenvalue weighted by Crippen LogP contribution is 2.27. The van der Waals surface area contributed by atoms with E-state index in [4.69, 9.17) is 0 Å². The minimum atomic E-state index is -0.744. The number of hydrogen-bond donors (Lipinski definition) is 1. The van der Waals surface area contributed by atoms with Gasteiger partial charge in [0.2, 0.25) is 5.91 Å². The quantitative estimate of drug-likeness (QED) is 0.512. The number of para-hydroxylation sites is 2. The first-order valence-electron chi connectivity index (χ1n) is 6.27. The Morgan fingerprint density at radius 3 is 2.55 bits per heavy atom. The lowest BCUT2D eigenvalue weighted by Gasteiger charge is -2.19. The zero-order valence-electron chi connectivity index (χ0n) is 11.2. The third-order valence-electron chi connectivity index (χ3n) is 3.13. The summed E-state index contributed by atoms with van der Waals surface area (Å²) in [6, 6.07) is 5.10. The molecule has 7 heteroatoms. The van der Waals surface area contributed by atoms with Crippen molar-refractivity contribution in [1.82, 2.24) is 4.90 Å². The number of nitro groups is 1. The molecule has 106 valence electrons. The van der Waals surface area contributed by atoms with Gasteiger partial charge in [-0.15, -0.1) is 0 Å². The molecule has 0 aliphatic carbocycles. The first kappa shape index (κ1) is 14.0. The Labute approximate surface area is 115 Å². The van der Waals surface area contributed by atoms with E-state index < -0.39 is 11.0 Å². The lowest BCUT2D eigenvalue weighted by Crippen LogP contribution is -2.39. The molecule has 0 spiro atoms. The number of hydrogen-bond acceptors (Lipinski definition) is 5. The Hall–Kier alpha value is -2.44. The number of carbonyl (C=O) groups is 2. The summed E-state index contributed by atoms with van der Waals surface area (Å²) in [7, 11) is 0. The third kappa shape index (κ3) is 2.47. The number of likely N-dealkylation sites (tertiary alicyclic amines) is 1. The molecule has 1 atom stereocenters. The van der Waals surface area contributed by atoms with Crippen LogP contribution in [-0.4, -0.2) is 33.7 Å². The monoisotopic (exact) mass is 277 g/mol. The first-order valence-corrected chi connectivity index (χ1v) is 6.27. The molecule has 2 rings (SSSR count). The van der Waals surface area contributed by atoms with Crippen LogP contribution in [0.25, 0.3) is 0 Å². The van der Waals surface area contributed by atoms with Gasteiger partial charge in [-0.1, -0.05) is 12.1 Å². The number of nitrogens with zero attached hydrogens (tertiary/aromatic N) is 2. The van der Waals surface area contributed by atoms with Crippen molar-refractivity contribution in [2.45, 2.75) is 32.4 Å². The molecule has 1 aromatic carbocycles. The Bertz CT molecular complexity index is 570. The molecule has 0 bridgehead atoms. The van der Waals surface area contributed by atoms with Gasteiger partial charge in [-0.05, 0) is 19.9 Å². The average molecular weight is 277 g/mol. The van der Waals surface area contributed by atoms with Crippen LogP contribution in [0.2, 0.25) is 0 Å². The van der Waals surface area contributed by atoms with Crippen LogP contribution >= 0.6 is 0 Å². The minimum absolute atomic E-state index is 0.0169. The van der Waals surface area contributed by atoms with Gasteiger partial charge in [0.05, 0.1) is 11.3 Å². The molecule has 1 N–H and O–H groups in total. The number of rotatable bonds is 4. The summed E-state index contributed by atoms with van der Waals surface area (Å²) in [5, 5.41) is 13.7. The molecule has 0 radical (unpaired) electrons. The van der Waals surface area contributed by atoms with Gasteiger partial charge in [-0.3, -0.25) is 24.6 Å². The van der Waals surface area contributed by atoms with Crippen molar-refractivity contribution in [1.29, 1.82) is 0 Å². The Kier molecular flexibility index (Phi) is 3.69. The van der Waals surface area contributed by atoms with Crippen molar-refractivity contribution in [2.75, 3.05) is 5.32 Å². The normalized spacial score (nSPS) is 18.8. The second-order valence-electron chi connectivity index (χ2n) is 4.87. The summed E-state index contributed by atoms with van der Waals surface area (Å²) in [6.07, 6.45) is 0.0169. The Balaban J connectivity index is 2.22. The van der Waals surface area contributed by atoms with E-state index in [0.29, 0.717) is 0 Å². The molecule has 20 heavy (non-hydrogen) atoms. The zero-order valence-corrected chi connectivity index (χ0v) is 11.2. The molecular formula is C13H15N3O4. The SMILES string of the molecule is CC(C)N1C(=O)CC(Nc2ccccc2[N+](=O)[O-])C1=O. The second kappa shape index (κ2) is 5.28. The van der Waals surface area contributed by atoms with Crippen LogP contribution in [0.3, 0.4) is 0 Å². The molecule has 1 aliphatic heterocycles. The van der Waals surface area contributed by atoms with Gasteiger partial charge >= 0.3 is 0 Å². The van der Waals surface area contributed by atoms with Crippen LogP contribution in [0.15, 0.2) is 24.3 Å². The highest BCUT2D eigenvalue weighted by atomic mass is 16.6. The molecule has 1 saturated heterocycles. The number of nitrogens with one attached hydrogen (secondary N) is 1. The molecule has 2 amide bonds. The summed E-state index contributed by atoms with van der Waals surface area (Å²) in [6.45, 7) is 3.51. The zero-order chi connectivity index (χ0) is 14.9. The van der Waals surface area contributed by atoms with Gasteiger partial charge in [-0.25, -0.2) is 0 Å². The van der Waals surface area contributed by atoms with Crippen molar-refractivity contribution in [3.05, 3.63) is 34.4 Å². The van der Waals surface area contributed by atoms with E-state index in [1.165, 1.54) is 17.0 Å². The lowest BCUT2D eigenvalue weighted by molar-refractivity contribution is -0.384. The Morgan fingerprint density at radius 1 is 1.35 bits per heavy atom. The molecule has 7 nitrogen and oxygen atoms in total. The molecule has 1 aromatic rings. The van der Waals surface area contributed by atoms with Crippen molar-refractivity contribution in [2.24, 2.45) is 0 Å². The van der Waals surface area contributed by atoms with E-state index in [1.54, 1.807) is 26.0 Å². The van der Waals surface area contributed by atoms with Crippen LogP contribution in [0.1, 0.15) is 20.3 Å². The average Bonchev–Trinajstić information content (AvgIpc) is 2.64. The smallest absolute Gasteiger partial charge is 0.292 e. The van der Waals surface area contributed by atoms with Gasteiger partial charge in [0, 0.05) is 12.1 Å². The van der Waals surface area contributed by atoms with Crippen molar-refractivity contribution < 1.29 is 14.5 Å². The predicted octanol–water partition coefficient (Wildman–Crippen LogP) is 1.54. The van der Waals surface area contributed by atoms with Crippen molar-refractivity contribution in [3.63, 3.8) is 0 Å². The number of amides is 2. The summed E-state index contributed by atoms with van der Waals surface area (Å²) in [5.41, 5.74) is 0.130. The minimum Gasteiger partial charge on any atom is -0.368 e. The topological polar surface area (TPSA) is 92.6 Å². The summed E-state index contributed by atoms with van der Waals surface area (Å²) >= 11 is 0. The number of nitro benzene ring substituents is 1. The summed E-state index contributed by atoms with van der Waals surface area (Å²) in [5.74, 6) is -0.607. The van der Waals surface area contributed by atoms with E-state index in [0.717, 1.165) is 0 Å². The molecular weight excluding hydrogens is 262 g/mol. The van der Waals surface area contributed by atoms with Gasteiger partial charge < -0.3 is 5.32 Å². The fourth-order valence-corrected chi connectivity index (χ4v) is 2.25. The largest absolute Gasteiger partial charge is 0.368 e. The molecule has 0 aromatic heterocycles. The molecule has 1 unspecified atom stereocenters. The number of anilines is 1. The maximum atomic E-state index is 12.1. The van der Waals surface area contributed by atoms with Crippen LogP contribution < -0.4 is 5.32 Å². The van der Waals surface area contributed by atoms with E-state index in [1.807, 2.05) is 0 Å². The fourth-order valence-electron chi connectivity index (χ4n) is 2.25. The molecule has 1 heterocycles. The highest BCUT2D eigenvalue weighted by Gasteiger charge is 2.40. The predicted molar refractivity (Wildman–Crippen MR) is 72.1 cm³/mol. The number of benzene rings is 1. The standard InChI is InChI=1S/C13H15N3O4/c1-8(2)15-12(17)7-10(13(15)18)14-9-5-3-4-6-11(9)16(19)20/h3-6,8,10,14H,7H2,1-2H3. The number of carbonyl (C=O) groups excluding carboxylic acids is 2. The first-order chi connectivity index (χ1) is 9.41. The van der Waals surface area contributed by atoms with Crippen molar-refractivity contribution in [3.8, 4) is 0 Å². The molecule has 0 saturated carbocycles. The van der Waals surface area contributed by atoms with E-state index in [9.17, 15) is 19.7 Å². The van der Waals surface area contributed by atoms with Gasteiger partial charge in [-0.2, -0.15) is 0 Å². The van der Waals surface area contributed by atoms with E-state index in [2.05, 4.69) is 5.32 Å². The Morgan fingerprint density at radius 2 is 2.00 bits per heavy atom. The lowest BCUT2D eigenvalue weighted by atomic mass is 10.2. The van der Waals surface area contributed by atoms with Crippen LogP contribution in [0.5, 0.6) is 0 Å². The van der Waals surface area contributed by atoms with E-state index >= 15 is 0 Å². The maximum absolute atomic E-state index is 12.1. The van der Waals surface area contributed by atoms with Gasteiger partial charge in [0.25, 0.3) is 11.6 Å². The fraction of sp³-hybridized carbons (Fsp3) is 0.385. The van der Waals surface area contributed by atoms with Crippen LogP contribution in [0.4, 0.5) is 11.4 Å². The van der Waals surface area contributed by atoms with Gasteiger partial charge in [0.15, 0.2) is 0 Å². The molecule has 1 aliphatic rings. The molecule has 1 fully saturated rings. The van der Waals surface area contributed by atoms with E-state index in [-0.39, 0.29) is 35.7 Å². The third-order valence-corrected chi connectivity index (χ3v) is 3.13. The van der Waals surface area contributed by atoms with Crippen LogP contribution in [0, 0.1) is 10.1 Å². The summed E-state index contributed by atoms with van der Waals surface area (Å²) in [4.78, 5) is 35.5.